The van der Waals surface area contributed by atoms with E-state index in [1.165, 1.54) is 0 Å². The second-order valence-electron chi connectivity index (χ2n) is 3.85. The maximum absolute atomic E-state index is 11.7. The molecule has 0 saturated carbocycles. The molecule has 11 heteroatoms. The quantitative estimate of drug-likeness (QED) is 0.274. The van der Waals surface area contributed by atoms with Crippen LogP contribution in [0.4, 0.5) is 11.4 Å². The number of carbonyl (C=O) groups is 3. The van der Waals surface area contributed by atoms with Gasteiger partial charge in [0, 0.05) is 0 Å². The Morgan fingerprint density at radius 3 is 2.14 bits per heavy atom. The van der Waals surface area contributed by atoms with Crippen molar-refractivity contribution in [3.05, 3.63) is 16.3 Å². The third kappa shape index (κ3) is 4.79. The Morgan fingerprint density at radius 1 is 1.05 bits per heavy atom. The summed E-state index contributed by atoms with van der Waals surface area (Å²) in [7, 11) is 0. The lowest BCUT2D eigenvalue weighted by Crippen LogP contribution is -2.23. The van der Waals surface area contributed by atoms with Crippen LogP contribution in [0, 0.1) is 10.7 Å². The molecule has 0 aliphatic rings. The van der Waals surface area contributed by atoms with Gasteiger partial charge in [0.15, 0.2) is 0 Å². The maximum Gasteiger partial charge on any atom is 0.338 e. The molecule has 0 radical (unpaired) electrons. The third-order valence-electron chi connectivity index (χ3n) is 2.29. The molecule has 8 nitrogen and oxygen atoms in total. The summed E-state index contributed by atoms with van der Waals surface area (Å²) in [6.07, 6.45) is 0. The molecular formula is C11H9I3N2O6. The normalized spacial score (nSPS) is 10.3. The SMILES string of the molecule is Nc1c(I)c(NC(=O)COCC(=O)O)c(I)c(C(=O)O)c1I. The van der Waals surface area contributed by atoms with Gasteiger partial charge in [0.2, 0.25) is 5.91 Å². The summed E-state index contributed by atoms with van der Waals surface area (Å²) in [5.41, 5.74) is 6.38. The van der Waals surface area contributed by atoms with Gasteiger partial charge in [-0.3, -0.25) is 4.79 Å². The number of nitrogens with two attached hydrogens (primary N) is 1. The van der Waals surface area contributed by atoms with Crippen LogP contribution >= 0.6 is 67.8 Å². The third-order valence-corrected chi connectivity index (χ3v) is 5.61. The summed E-state index contributed by atoms with van der Waals surface area (Å²) in [5.74, 6) is -2.95. The number of rotatable bonds is 6. The average molecular weight is 646 g/mol. The van der Waals surface area contributed by atoms with Gasteiger partial charge in [0.25, 0.3) is 0 Å². The van der Waals surface area contributed by atoms with Crippen molar-refractivity contribution in [2.75, 3.05) is 24.3 Å². The van der Waals surface area contributed by atoms with Crippen LogP contribution in [-0.4, -0.2) is 41.3 Å². The first kappa shape index (κ1) is 19.6. The van der Waals surface area contributed by atoms with Crippen LogP contribution in [0.3, 0.4) is 0 Å². The molecule has 0 aliphatic carbocycles. The molecule has 1 aromatic rings. The number of ether oxygens (including phenoxy) is 1. The second kappa shape index (κ2) is 8.44. The molecule has 0 bridgehead atoms. The van der Waals surface area contributed by atoms with Crippen LogP contribution in [0.5, 0.6) is 0 Å². The minimum absolute atomic E-state index is 0.000806. The molecule has 5 N–H and O–H groups in total. The number of hydrogen-bond acceptors (Lipinski definition) is 5. The first-order valence-corrected chi connectivity index (χ1v) is 8.69. The van der Waals surface area contributed by atoms with Crippen molar-refractivity contribution in [2.45, 2.75) is 0 Å². The highest BCUT2D eigenvalue weighted by Gasteiger charge is 2.24. The minimum atomic E-state index is -1.19. The zero-order valence-corrected chi connectivity index (χ0v) is 17.1. The highest BCUT2D eigenvalue weighted by atomic mass is 127. The van der Waals surface area contributed by atoms with Crippen LogP contribution in [0.1, 0.15) is 10.4 Å². The Morgan fingerprint density at radius 2 is 1.64 bits per heavy atom. The molecular weight excluding hydrogens is 637 g/mol. The number of amides is 1. The number of aliphatic carboxylic acids is 1. The van der Waals surface area contributed by atoms with Crippen LogP contribution in [-0.2, 0) is 14.3 Å². The van der Waals surface area contributed by atoms with Crippen LogP contribution < -0.4 is 11.1 Å². The van der Waals surface area contributed by atoms with Crippen molar-refractivity contribution in [1.29, 1.82) is 0 Å². The molecule has 1 rings (SSSR count). The van der Waals surface area contributed by atoms with Gasteiger partial charge in [-0.25, -0.2) is 9.59 Å². The van der Waals surface area contributed by atoms with Gasteiger partial charge in [0.1, 0.15) is 13.2 Å². The number of carbonyl (C=O) groups excluding carboxylic acids is 1. The van der Waals surface area contributed by atoms with Crippen molar-refractivity contribution in [2.24, 2.45) is 0 Å². The number of benzene rings is 1. The molecule has 0 aromatic heterocycles. The standard InChI is InChI=1S/C11H9I3N2O6/c12-6-5(11(20)21)7(13)10(8(14)9(6)15)16-3(17)1-22-2-4(18)19/h1-2,15H2,(H,16,17)(H,18,19)(H,20,21). The van der Waals surface area contributed by atoms with Crippen molar-refractivity contribution in [3.63, 3.8) is 0 Å². The number of anilines is 2. The predicted octanol–water partition coefficient (Wildman–Crippen LogP) is 1.82. The zero-order valence-electron chi connectivity index (χ0n) is 10.7. The van der Waals surface area contributed by atoms with E-state index in [9.17, 15) is 19.5 Å². The molecule has 1 aromatic carbocycles. The van der Waals surface area contributed by atoms with Gasteiger partial charge >= 0.3 is 11.9 Å². The predicted molar refractivity (Wildman–Crippen MR) is 103 cm³/mol. The van der Waals surface area contributed by atoms with E-state index in [0.29, 0.717) is 10.7 Å². The molecule has 0 saturated heterocycles. The highest BCUT2D eigenvalue weighted by Crippen LogP contribution is 2.37. The highest BCUT2D eigenvalue weighted by molar-refractivity contribution is 14.1. The van der Waals surface area contributed by atoms with E-state index < -0.39 is 31.1 Å². The first-order valence-electron chi connectivity index (χ1n) is 5.45. The largest absolute Gasteiger partial charge is 0.480 e. The summed E-state index contributed by atoms with van der Waals surface area (Å²) in [6, 6.07) is 0. The Balaban J connectivity index is 3.07. The van der Waals surface area contributed by atoms with E-state index in [1.807, 2.05) is 67.8 Å². The van der Waals surface area contributed by atoms with E-state index in [0.717, 1.165) is 0 Å². The topological polar surface area (TPSA) is 139 Å². The Labute approximate surface area is 165 Å². The van der Waals surface area contributed by atoms with Gasteiger partial charge in [-0.15, -0.1) is 0 Å². The lowest BCUT2D eigenvalue weighted by Gasteiger charge is -2.16. The molecule has 22 heavy (non-hydrogen) atoms. The van der Waals surface area contributed by atoms with Crippen molar-refractivity contribution >= 4 is 97.0 Å². The number of halogens is 3. The smallest absolute Gasteiger partial charge is 0.338 e. The number of carboxylic acid groups (broad SMARTS) is 2. The minimum Gasteiger partial charge on any atom is -0.480 e. The van der Waals surface area contributed by atoms with Crippen LogP contribution in [0.25, 0.3) is 0 Å². The molecule has 1 amide bonds. The lowest BCUT2D eigenvalue weighted by atomic mass is 10.1. The Bertz CT molecular complexity index is 649. The molecule has 120 valence electrons. The number of hydrogen-bond donors (Lipinski definition) is 4. The number of aromatic carboxylic acids is 1. The van der Waals surface area contributed by atoms with E-state index in [4.69, 9.17) is 10.8 Å². The average Bonchev–Trinajstić information content (AvgIpc) is 2.40. The molecule has 0 aliphatic heterocycles. The fourth-order valence-corrected chi connectivity index (χ4v) is 5.28. The van der Waals surface area contributed by atoms with Gasteiger partial charge in [-0.05, 0) is 67.8 Å². The van der Waals surface area contributed by atoms with Crippen LogP contribution in [0.2, 0.25) is 0 Å². The van der Waals surface area contributed by atoms with E-state index >= 15 is 0 Å². The zero-order chi connectivity index (χ0) is 17.0. The van der Waals surface area contributed by atoms with Gasteiger partial charge in [-0.2, -0.15) is 0 Å². The number of nitrogen functional groups attached to an aromatic ring is 1. The summed E-state index contributed by atoms with van der Waals surface area (Å²) in [6.45, 7) is -1.07. The summed E-state index contributed by atoms with van der Waals surface area (Å²) in [4.78, 5) is 33.4. The maximum atomic E-state index is 11.7. The summed E-state index contributed by atoms with van der Waals surface area (Å²) in [5, 5.41) is 20.2. The van der Waals surface area contributed by atoms with Crippen molar-refractivity contribution in [1.82, 2.24) is 0 Å². The van der Waals surface area contributed by atoms with Crippen molar-refractivity contribution < 1.29 is 29.3 Å². The fraction of sp³-hybridized carbons (Fsp3) is 0.182. The van der Waals surface area contributed by atoms with E-state index in [2.05, 4.69) is 10.1 Å². The van der Waals surface area contributed by atoms with Gasteiger partial charge < -0.3 is 26.0 Å². The van der Waals surface area contributed by atoms with Crippen molar-refractivity contribution in [3.8, 4) is 0 Å². The first-order chi connectivity index (χ1) is 10.2. The molecule has 0 spiro atoms. The van der Waals surface area contributed by atoms with Gasteiger partial charge in [0.05, 0.1) is 27.6 Å². The molecule has 0 fully saturated rings. The molecule has 0 atom stereocenters. The summed E-state index contributed by atoms with van der Waals surface area (Å²) < 4.78 is 5.90. The number of nitrogens with one attached hydrogen (secondary N) is 1. The second-order valence-corrected chi connectivity index (χ2v) is 7.08. The van der Waals surface area contributed by atoms with E-state index in [-0.39, 0.29) is 16.9 Å². The Hall–Kier alpha value is -0.420. The molecule has 0 heterocycles. The fourth-order valence-electron chi connectivity index (χ4n) is 1.39. The number of carboxylic acids is 2. The Kier molecular flexibility index (Phi) is 7.53. The van der Waals surface area contributed by atoms with Gasteiger partial charge in [-0.1, -0.05) is 0 Å². The van der Waals surface area contributed by atoms with Crippen LogP contribution in [0.15, 0.2) is 0 Å². The van der Waals surface area contributed by atoms with E-state index in [1.54, 1.807) is 0 Å². The lowest BCUT2D eigenvalue weighted by molar-refractivity contribution is -0.143. The summed E-state index contributed by atoms with van der Waals surface area (Å²) >= 11 is 5.54. The molecule has 0 unspecified atom stereocenters. The monoisotopic (exact) mass is 646 g/mol.